The van der Waals surface area contributed by atoms with Crippen LogP contribution in [0.5, 0.6) is 0 Å². The molecule has 28 heavy (non-hydrogen) atoms. The van der Waals surface area contributed by atoms with E-state index in [4.69, 9.17) is 0 Å². The summed E-state index contributed by atoms with van der Waals surface area (Å²) in [5, 5.41) is 14.9. The predicted molar refractivity (Wildman–Crippen MR) is 109 cm³/mol. The fourth-order valence-corrected chi connectivity index (χ4v) is 3.69. The number of hydrogen-bond donors (Lipinski definition) is 2. The summed E-state index contributed by atoms with van der Waals surface area (Å²) in [5.74, 6) is -0.162. The first-order chi connectivity index (χ1) is 13.6. The summed E-state index contributed by atoms with van der Waals surface area (Å²) < 4.78 is 1.71. The van der Waals surface area contributed by atoms with Crippen molar-refractivity contribution in [2.75, 3.05) is 6.54 Å². The first-order valence-electron chi connectivity index (χ1n) is 9.76. The van der Waals surface area contributed by atoms with Crippen molar-refractivity contribution in [2.24, 2.45) is 0 Å². The molecule has 0 spiro atoms. The molecule has 3 aromatic rings. The molecule has 1 saturated heterocycles. The average Bonchev–Trinajstić information content (AvgIpc) is 3.12. The maximum Gasteiger partial charge on any atom is 0.274 e. The number of benzene rings is 2. The summed E-state index contributed by atoms with van der Waals surface area (Å²) in [4.78, 5) is 12.7. The third kappa shape index (κ3) is 3.68. The number of carbonyl (C=O) groups excluding carboxylic acids is 1. The molecule has 0 radical (unpaired) electrons. The highest BCUT2D eigenvalue weighted by Gasteiger charge is 2.25. The van der Waals surface area contributed by atoms with E-state index in [9.17, 15) is 4.79 Å². The van der Waals surface area contributed by atoms with Gasteiger partial charge in [-0.1, -0.05) is 47.7 Å². The number of amides is 1. The van der Waals surface area contributed by atoms with Gasteiger partial charge in [0.25, 0.3) is 5.91 Å². The number of piperidine rings is 1. The molecule has 2 aromatic carbocycles. The van der Waals surface area contributed by atoms with E-state index < -0.39 is 0 Å². The quantitative estimate of drug-likeness (QED) is 0.735. The van der Waals surface area contributed by atoms with Gasteiger partial charge in [0.1, 0.15) is 0 Å². The highest BCUT2D eigenvalue weighted by atomic mass is 16.2. The van der Waals surface area contributed by atoms with E-state index in [0.29, 0.717) is 5.69 Å². The largest absolute Gasteiger partial charge is 0.346 e. The monoisotopic (exact) mass is 375 g/mol. The maximum absolute atomic E-state index is 12.7. The van der Waals surface area contributed by atoms with Crippen LogP contribution in [0.25, 0.3) is 16.8 Å². The van der Waals surface area contributed by atoms with Gasteiger partial charge in [0.2, 0.25) is 0 Å². The Bertz CT molecular complexity index is 949. The average molecular weight is 375 g/mol. The third-order valence-corrected chi connectivity index (χ3v) is 5.41. The number of nitrogens with one attached hydrogen (secondary N) is 2. The van der Waals surface area contributed by atoms with Crippen molar-refractivity contribution in [3.8, 4) is 16.8 Å². The lowest BCUT2D eigenvalue weighted by Gasteiger charge is -2.30. The van der Waals surface area contributed by atoms with E-state index in [-0.39, 0.29) is 18.0 Å². The van der Waals surface area contributed by atoms with Crippen LogP contribution in [0.15, 0.2) is 54.6 Å². The van der Waals surface area contributed by atoms with Gasteiger partial charge in [0.15, 0.2) is 5.69 Å². The zero-order valence-corrected chi connectivity index (χ0v) is 16.2. The van der Waals surface area contributed by atoms with Gasteiger partial charge in [-0.15, -0.1) is 5.10 Å². The van der Waals surface area contributed by atoms with Gasteiger partial charge in [-0.2, -0.15) is 0 Å². The molecule has 0 bridgehead atoms. The smallest absolute Gasteiger partial charge is 0.274 e. The van der Waals surface area contributed by atoms with Crippen LogP contribution < -0.4 is 10.6 Å². The third-order valence-electron chi connectivity index (χ3n) is 5.41. The first kappa shape index (κ1) is 18.4. The van der Waals surface area contributed by atoms with Gasteiger partial charge in [-0.05, 0) is 56.5 Å². The van der Waals surface area contributed by atoms with Crippen molar-refractivity contribution in [1.29, 1.82) is 0 Å². The Morgan fingerprint density at radius 2 is 1.82 bits per heavy atom. The van der Waals surface area contributed by atoms with Gasteiger partial charge in [-0.3, -0.25) is 4.79 Å². The van der Waals surface area contributed by atoms with Crippen LogP contribution in [0.2, 0.25) is 0 Å². The van der Waals surface area contributed by atoms with Crippen molar-refractivity contribution < 1.29 is 4.79 Å². The van der Waals surface area contributed by atoms with Crippen LogP contribution in [0.4, 0.5) is 0 Å². The molecule has 2 N–H and O–H groups in total. The van der Waals surface area contributed by atoms with Crippen molar-refractivity contribution in [3.05, 3.63) is 66.0 Å². The lowest BCUT2D eigenvalue weighted by atomic mass is 10.00. The van der Waals surface area contributed by atoms with E-state index in [1.54, 1.807) is 4.68 Å². The second-order valence-corrected chi connectivity index (χ2v) is 7.31. The summed E-state index contributed by atoms with van der Waals surface area (Å²) in [6.45, 7) is 4.98. The molecule has 0 saturated carbocycles. The minimum Gasteiger partial charge on any atom is -0.346 e. The van der Waals surface area contributed by atoms with Gasteiger partial charge in [0, 0.05) is 12.1 Å². The topological polar surface area (TPSA) is 71.8 Å². The Balaban J connectivity index is 1.52. The summed E-state index contributed by atoms with van der Waals surface area (Å²) >= 11 is 0. The standard InChI is InChI=1S/C22H25N5O/c1-15-20(9-6-14-23-15)24-22(28)21-16(2)27(26-25-21)19-12-10-18(11-13-19)17-7-4-3-5-8-17/h3-5,7-8,10-13,15,20,23H,6,9,14H2,1-2H3,(H,24,28). The highest BCUT2D eigenvalue weighted by molar-refractivity contribution is 5.93. The molecule has 2 atom stereocenters. The molecule has 2 unspecified atom stereocenters. The second kappa shape index (κ2) is 7.94. The summed E-state index contributed by atoms with van der Waals surface area (Å²) in [7, 11) is 0. The summed E-state index contributed by atoms with van der Waals surface area (Å²) in [5.41, 5.74) is 4.31. The van der Waals surface area contributed by atoms with E-state index in [2.05, 4.69) is 52.1 Å². The molecule has 1 aromatic heterocycles. The predicted octanol–water partition coefficient (Wildman–Crippen LogP) is 3.11. The van der Waals surface area contributed by atoms with E-state index >= 15 is 0 Å². The molecular weight excluding hydrogens is 350 g/mol. The van der Waals surface area contributed by atoms with Gasteiger partial charge < -0.3 is 10.6 Å². The molecule has 4 rings (SSSR count). The summed E-state index contributed by atoms with van der Waals surface area (Å²) in [6.07, 6.45) is 2.04. The van der Waals surface area contributed by atoms with Gasteiger partial charge >= 0.3 is 0 Å². The molecule has 1 aliphatic rings. The van der Waals surface area contributed by atoms with Crippen molar-refractivity contribution in [3.63, 3.8) is 0 Å². The van der Waals surface area contributed by atoms with Crippen LogP contribution in [0.3, 0.4) is 0 Å². The van der Waals surface area contributed by atoms with Crippen LogP contribution >= 0.6 is 0 Å². The molecule has 1 amide bonds. The van der Waals surface area contributed by atoms with Crippen molar-refractivity contribution >= 4 is 5.91 Å². The molecule has 6 heteroatoms. The van der Waals surface area contributed by atoms with Crippen LogP contribution in [0.1, 0.15) is 35.9 Å². The highest BCUT2D eigenvalue weighted by Crippen LogP contribution is 2.21. The van der Waals surface area contributed by atoms with Gasteiger partial charge in [0.05, 0.1) is 11.4 Å². The summed E-state index contributed by atoms with van der Waals surface area (Å²) in [6, 6.07) is 18.7. The number of carbonyl (C=O) groups is 1. The molecular formula is C22H25N5O. The van der Waals surface area contributed by atoms with Crippen LogP contribution in [0, 0.1) is 6.92 Å². The zero-order chi connectivity index (χ0) is 19.5. The van der Waals surface area contributed by atoms with Crippen molar-refractivity contribution in [1.82, 2.24) is 25.6 Å². The molecule has 1 fully saturated rings. The van der Waals surface area contributed by atoms with E-state index in [1.807, 2.05) is 37.3 Å². The number of aromatic nitrogens is 3. The molecule has 1 aliphatic heterocycles. The maximum atomic E-state index is 12.7. The lowest BCUT2D eigenvalue weighted by molar-refractivity contribution is 0.0914. The van der Waals surface area contributed by atoms with Gasteiger partial charge in [-0.25, -0.2) is 4.68 Å². The minimum atomic E-state index is -0.162. The second-order valence-electron chi connectivity index (χ2n) is 7.31. The Morgan fingerprint density at radius 1 is 1.11 bits per heavy atom. The minimum absolute atomic E-state index is 0.121. The van der Waals surface area contributed by atoms with E-state index in [0.717, 1.165) is 36.3 Å². The fourth-order valence-electron chi connectivity index (χ4n) is 3.69. The molecule has 0 aliphatic carbocycles. The normalized spacial score (nSPS) is 19.4. The Kier molecular flexibility index (Phi) is 5.21. The molecule has 2 heterocycles. The zero-order valence-electron chi connectivity index (χ0n) is 16.2. The number of rotatable bonds is 4. The molecule has 144 valence electrons. The first-order valence-corrected chi connectivity index (χ1v) is 9.76. The lowest BCUT2D eigenvalue weighted by Crippen LogP contribution is -2.52. The Morgan fingerprint density at radius 3 is 2.54 bits per heavy atom. The fraction of sp³-hybridized carbons (Fsp3) is 0.318. The Labute approximate surface area is 165 Å². The number of hydrogen-bond acceptors (Lipinski definition) is 4. The Hall–Kier alpha value is -2.99. The molecule has 6 nitrogen and oxygen atoms in total. The van der Waals surface area contributed by atoms with E-state index in [1.165, 1.54) is 5.56 Å². The van der Waals surface area contributed by atoms with Crippen LogP contribution in [-0.4, -0.2) is 39.5 Å². The van der Waals surface area contributed by atoms with Crippen LogP contribution in [-0.2, 0) is 0 Å². The van der Waals surface area contributed by atoms with Crippen molar-refractivity contribution in [2.45, 2.75) is 38.8 Å². The SMILES string of the molecule is Cc1c(C(=O)NC2CCCNC2C)nnn1-c1ccc(-c2ccccc2)cc1. The number of nitrogens with zero attached hydrogens (tertiary/aromatic N) is 3.